The molecule has 108 valence electrons. The second kappa shape index (κ2) is 6.02. The third-order valence-corrected chi connectivity index (χ3v) is 5.20. The van der Waals surface area contributed by atoms with Gasteiger partial charge in [0, 0.05) is 38.7 Å². The smallest absolute Gasteiger partial charge is 0.151 e. The Morgan fingerprint density at radius 1 is 1.47 bits per heavy atom. The van der Waals surface area contributed by atoms with Crippen molar-refractivity contribution >= 4 is 9.84 Å². The van der Waals surface area contributed by atoms with E-state index in [1.54, 1.807) is 20.2 Å². The number of fused-ring (bicyclic) bond motifs is 1. The SMILES string of the molecule is CCS(=O)(=O)CCN1Cc2ccnn2CC(OC)C1. The van der Waals surface area contributed by atoms with Gasteiger partial charge in [-0.25, -0.2) is 8.42 Å². The van der Waals surface area contributed by atoms with E-state index in [-0.39, 0.29) is 17.6 Å². The summed E-state index contributed by atoms with van der Waals surface area (Å²) >= 11 is 0. The Morgan fingerprint density at radius 3 is 2.95 bits per heavy atom. The molecular formula is C12H21N3O3S. The molecule has 1 aliphatic heterocycles. The van der Waals surface area contributed by atoms with Crippen molar-refractivity contribution in [2.45, 2.75) is 26.1 Å². The summed E-state index contributed by atoms with van der Waals surface area (Å²) in [7, 11) is -1.24. The number of hydrogen-bond acceptors (Lipinski definition) is 5. The molecule has 1 aromatic heterocycles. The summed E-state index contributed by atoms with van der Waals surface area (Å²) in [5.41, 5.74) is 1.11. The van der Waals surface area contributed by atoms with Gasteiger partial charge in [0.25, 0.3) is 0 Å². The van der Waals surface area contributed by atoms with Crippen LogP contribution in [-0.2, 0) is 27.7 Å². The number of sulfone groups is 1. The average Bonchev–Trinajstić information content (AvgIpc) is 2.75. The number of nitrogens with zero attached hydrogens (tertiary/aromatic N) is 3. The molecule has 0 amide bonds. The normalized spacial score (nSPS) is 21.1. The molecule has 0 fully saturated rings. The first-order valence-electron chi connectivity index (χ1n) is 6.50. The predicted octanol–water partition coefficient (Wildman–Crippen LogP) is 0.148. The lowest BCUT2D eigenvalue weighted by molar-refractivity contribution is 0.0586. The highest BCUT2D eigenvalue weighted by molar-refractivity contribution is 7.91. The average molecular weight is 287 g/mol. The van der Waals surface area contributed by atoms with Crippen molar-refractivity contribution in [2.75, 3.05) is 31.7 Å². The number of methoxy groups -OCH3 is 1. The second-order valence-electron chi connectivity index (χ2n) is 4.83. The van der Waals surface area contributed by atoms with E-state index in [9.17, 15) is 8.42 Å². The molecule has 1 unspecified atom stereocenters. The summed E-state index contributed by atoms with van der Waals surface area (Å²) in [5, 5.41) is 4.27. The lowest BCUT2D eigenvalue weighted by Crippen LogP contribution is -2.35. The highest BCUT2D eigenvalue weighted by Gasteiger charge is 2.22. The third-order valence-electron chi connectivity index (χ3n) is 3.52. The summed E-state index contributed by atoms with van der Waals surface area (Å²) in [6.07, 6.45) is 1.82. The van der Waals surface area contributed by atoms with Gasteiger partial charge in [-0.15, -0.1) is 0 Å². The second-order valence-corrected chi connectivity index (χ2v) is 7.31. The molecule has 2 heterocycles. The Balaban J connectivity index is 2.05. The maximum Gasteiger partial charge on any atom is 0.151 e. The van der Waals surface area contributed by atoms with Crippen LogP contribution in [0.4, 0.5) is 0 Å². The summed E-state index contributed by atoms with van der Waals surface area (Å²) in [6, 6.07) is 1.97. The molecule has 0 bridgehead atoms. The first-order chi connectivity index (χ1) is 9.04. The molecular weight excluding hydrogens is 266 g/mol. The van der Waals surface area contributed by atoms with Crippen LogP contribution < -0.4 is 0 Å². The highest BCUT2D eigenvalue weighted by Crippen LogP contribution is 2.13. The molecule has 0 radical (unpaired) electrons. The molecule has 7 heteroatoms. The fourth-order valence-electron chi connectivity index (χ4n) is 2.22. The van der Waals surface area contributed by atoms with Gasteiger partial charge in [0.15, 0.2) is 9.84 Å². The number of aromatic nitrogens is 2. The predicted molar refractivity (Wildman–Crippen MR) is 72.6 cm³/mol. The van der Waals surface area contributed by atoms with Gasteiger partial charge in [-0.3, -0.25) is 9.58 Å². The lowest BCUT2D eigenvalue weighted by Gasteiger charge is -2.22. The standard InChI is InChI=1S/C12H21N3O3S/c1-3-19(16,17)7-6-14-8-11-4-5-13-15(11)10-12(9-14)18-2/h4-5,12H,3,6-10H2,1-2H3. The minimum atomic E-state index is -2.92. The van der Waals surface area contributed by atoms with E-state index in [2.05, 4.69) is 10.00 Å². The molecule has 0 aliphatic carbocycles. The Kier molecular flexibility index (Phi) is 4.59. The van der Waals surface area contributed by atoms with Crippen LogP contribution in [0, 0.1) is 0 Å². The fraction of sp³-hybridized carbons (Fsp3) is 0.750. The van der Waals surface area contributed by atoms with Crippen LogP contribution in [0.15, 0.2) is 12.3 Å². The quantitative estimate of drug-likeness (QED) is 0.771. The van der Waals surface area contributed by atoms with Gasteiger partial charge < -0.3 is 4.74 Å². The van der Waals surface area contributed by atoms with E-state index in [0.717, 1.165) is 25.3 Å². The van der Waals surface area contributed by atoms with Crippen LogP contribution in [0.5, 0.6) is 0 Å². The summed E-state index contributed by atoms with van der Waals surface area (Å²) in [5.74, 6) is 0.403. The minimum absolute atomic E-state index is 0.0467. The molecule has 1 aromatic rings. The van der Waals surface area contributed by atoms with Crippen molar-refractivity contribution in [3.63, 3.8) is 0 Å². The van der Waals surface area contributed by atoms with Gasteiger partial charge >= 0.3 is 0 Å². The number of rotatable bonds is 5. The van der Waals surface area contributed by atoms with Crippen molar-refractivity contribution in [1.29, 1.82) is 0 Å². The summed E-state index contributed by atoms with van der Waals surface area (Å²) in [6.45, 7) is 4.40. The van der Waals surface area contributed by atoms with Gasteiger partial charge in [0.1, 0.15) is 0 Å². The van der Waals surface area contributed by atoms with Gasteiger partial charge in [0.05, 0.1) is 24.1 Å². The van der Waals surface area contributed by atoms with Crippen molar-refractivity contribution < 1.29 is 13.2 Å². The molecule has 19 heavy (non-hydrogen) atoms. The summed E-state index contributed by atoms with van der Waals surface area (Å²) in [4.78, 5) is 2.13. The van der Waals surface area contributed by atoms with Crippen LogP contribution in [0.1, 0.15) is 12.6 Å². The maximum absolute atomic E-state index is 11.6. The van der Waals surface area contributed by atoms with Crippen LogP contribution >= 0.6 is 0 Å². The number of hydrogen-bond donors (Lipinski definition) is 0. The van der Waals surface area contributed by atoms with Crippen LogP contribution in [0.3, 0.4) is 0 Å². The zero-order valence-electron chi connectivity index (χ0n) is 11.4. The van der Waals surface area contributed by atoms with Gasteiger partial charge in [-0.05, 0) is 6.07 Å². The first kappa shape index (κ1) is 14.5. The molecule has 0 aromatic carbocycles. The van der Waals surface area contributed by atoms with Crippen LogP contribution in [-0.4, -0.2) is 60.9 Å². The van der Waals surface area contributed by atoms with Crippen molar-refractivity contribution in [1.82, 2.24) is 14.7 Å². The van der Waals surface area contributed by atoms with Gasteiger partial charge in [0.2, 0.25) is 0 Å². The summed E-state index contributed by atoms with van der Waals surface area (Å²) < 4.78 is 30.6. The molecule has 0 N–H and O–H groups in total. The van der Waals surface area contributed by atoms with E-state index in [1.807, 2.05) is 10.7 Å². The molecule has 0 saturated carbocycles. The minimum Gasteiger partial charge on any atom is -0.378 e. The molecule has 1 atom stereocenters. The van der Waals surface area contributed by atoms with E-state index >= 15 is 0 Å². The largest absolute Gasteiger partial charge is 0.378 e. The lowest BCUT2D eigenvalue weighted by atomic mass is 10.3. The Bertz CT molecular complexity index is 512. The number of ether oxygens (including phenoxy) is 1. The van der Waals surface area contributed by atoms with Gasteiger partial charge in [-0.2, -0.15) is 5.10 Å². The first-order valence-corrected chi connectivity index (χ1v) is 8.32. The monoisotopic (exact) mass is 287 g/mol. The zero-order valence-corrected chi connectivity index (χ0v) is 12.3. The van der Waals surface area contributed by atoms with E-state index < -0.39 is 9.84 Å². The van der Waals surface area contributed by atoms with Crippen molar-refractivity contribution in [3.05, 3.63) is 18.0 Å². The zero-order chi connectivity index (χ0) is 13.9. The van der Waals surface area contributed by atoms with Crippen LogP contribution in [0.25, 0.3) is 0 Å². The van der Waals surface area contributed by atoms with Crippen molar-refractivity contribution in [2.24, 2.45) is 0 Å². The molecule has 0 saturated heterocycles. The third kappa shape index (κ3) is 3.77. The molecule has 2 rings (SSSR count). The molecule has 1 aliphatic rings. The van der Waals surface area contributed by atoms with Crippen LogP contribution in [0.2, 0.25) is 0 Å². The van der Waals surface area contributed by atoms with Crippen molar-refractivity contribution in [3.8, 4) is 0 Å². The fourth-order valence-corrected chi connectivity index (χ4v) is 3.05. The Labute approximate surface area is 114 Å². The van der Waals surface area contributed by atoms with Gasteiger partial charge in [-0.1, -0.05) is 6.92 Å². The molecule has 6 nitrogen and oxygen atoms in total. The Morgan fingerprint density at radius 2 is 2.26 bits per heavy atom. The van der Waals surface area contributed by atoms with E-state index in [1.165, 1.54) is 0 Å². The molecule has 0 spiro atoms. The maximum atomic E-state index is 11.6. The van der Waals surface area contributed by atoms with E-state index in [4.69, 9.17) is 4.74 Å². The highest BCUT2D eigenvalue weighted by atomic mass is 32.2. The van der Waals surface area contributed by atoms with E-state index in [0.29, 0.717) is 6.54 Å². The topological polar surface area (TPSA) is 64.4 Å². The Hall–Kier alpha value is -0.920.